The molecule has 0 radical (unpaired) electrons. The molecule has 0 spiro atoms. The summed E-state index contributed by atoms with van der Waals surface area (Å²) in [5.41, 5.74) is 10.6. The summed E-state index contributed by atoms with van der Waals surface area (Å²) in [7, 11) is 0. The lowest BCUT2D eigenvalue weighted by atomic mass is 9.96. The second kappa shape index (κ2) is 4.93. The summed E-state index contributed by atoms with van der Waals surface area (Å²) in [4.78, 5) is 9.20. The van der Waals surface area contributed by atoms with Crippen LogP contribution in [0.4, 0.5) is 5.82 Å². The number of aromatic nitrogens is 2. The summed E-state index contributed by atoms with van der Waals surface area (Å²) in [5.74, 6) is 1.37. The molecule has 1 heterocycles. The van der Waals surface area contributed by atoms with Gasteiger partial charge in [0, 0.05) is 21.3 Å². The van der Waals surface area contributed by atoms with Gasteiger partial charge in [-0.2, -0.15) is 0 Å². The summed E-state index contributed by atoms with van der Waals surface area (Å²) in [6.07, 6.45) is 4.40. The lowest BCUT2D eigenvalue weighted by Crippen LogP contribution is -2.11. The first-order valence-corrected chi connectivity index (χ1v) is 7.36. The van der Waals surface area contributed by atoms with Crippen LogP contribution in [0.5, 0.6) is 0 Å². The molecule has 1 aromatic heterocycles. The van der Waals surface area contributed by atoms with Gasteiger partial charge in [0.15, 0.2) is 5.82 Å². The summed E-state index contributed by atoms with van der Waals surface area (Å²) in [5, 5.41) is 0. The Morgan fingerprint density at radius 3 is 2.74 bits per heavy atom. The molecule has 1 aliphatic carbocycles. The van der Waals surface area contributed by atoms with Crippen molar-refractivity contribution in [2.24, 2.45) is 0 Å². The molecule has 1 aromatic carbocycles. The molecular weight excluding hydrogens is 302 g/mol. The Hall–Kier alpha value is -1.42. The molecule has 0 saturated carbocycles. The quantitative estimate of drug-likeness (QED) is 0.873. The third-order valence-corrected chi connectivity index (χ3v) is 4.24. The zero-order chi connectivity index (χ0) is 13.4. The molecule has 0 bridgehead atoms. The van der Waals surface area contributed by atoms with E-state index in [1.807, 2.05) is 6.07 Å². The minimum atomic E-state index is 0.646. The molecule has 98 valence electrons. The van der Waals surface area contributed by atoms with Gasteiger partial charge in [0.25, 0.3) is 0 Å². The first-order chi connectivity index (χ1) is 9.15. The first kappa shape index (κ1) is 12.6. The van der Waals surface area contributed by atoms with Crippen molar-refractivity contribution in [1.82, 2.24) is 9.97 Å². The van der Waals surface area contributed by atoms with Crippen LogP contribution in [0.1, 0.15) is 29.7 Å². The van der Waals surface area contributed by atoms with Crippen LogP contribution in [0.25, 0.3) is 11.4 Å². The number of nitrogens with two attached hydrogens (primary N) is 1. The van der Waals surface area contributed by atoms with Crippen molar-refractivity contribution < 1.29 is 0 Å². The Balaban J connectivity index is 2.13. The monoisotopic (exact) mass is 317 g/mol. The van der Waals surface area contributed by atoms with Crippen molar-refractivity contribution in [1.29, 1.82) is 0 Å². The average molecular weight is 318 g/mol. The van der Waals surface area contributed by atoms with Gasteiger partial charge in [-0.25, -0.2) is 9.97 Å². The first-order valence-electron chi connectivity index (χ1n) is 6.57. The third kappa shape index (κ3) is 2.37. The lowest BCUT2D eigenvalue weighted by molar-refractivity contribution is 0.666. The number of rotatable bonds is 1. The maximum atomic E-state index is 6.09. The van der Waals surface area contributed by atoms with Crippen LogP contribution in [0.3, 0.4) is 0 Å². The van der Waals surface area contributed by atoms with Gasteiger partial charge >= 0.3 is 0 Å². The minimum absolute atomic E-state index is 0.646. The largest absolute Gasteiger partial charge is 0.383 e. The van der Waals surface area contributed by atoms with Gasteiger partial charge in [-0.1, -0.05) is 22.0 Å². The molecule has 0 fully saturated rings. The summed E-state index contributed by atoms with van der Waals surface area (Å²) in [6, 6.07) is 6.19. The Labute approximate surface area is 121 Å². The third-order valence-electron chi connectivity index (χ3n) is 3.58. The van der Waals surface area contributed by atoms with E-state index in [-0.39, 0.29) is 0 Å². The van der Waals surface area contributed by atoms with Crippen LogP contribution >= 0.6 is 15.9 Å². The van der Waals surface area contributed by atoms with Crippen LogP contribution in [0.15, 0.2) is 22.7 Å². The van der Waals surface area contributed by atoms with E-state index in [2.05, 4.69) is 40.0 Å². The molecule has 2 N–H and O–H groups in total. The summed E-state index contributed by atoms with van der Waals surface area (Å²) < 4.78 is 1.02. The van der Waals surface area contributed by atoms with E-state index < -0.39 is 0 Å². The van der Waals surface area contributed by atoms with Gasteiger partial charge < -0.3 is 5.73 Å². The van der Waals surface area contributed by atoms with Crippen molar-refractivity contribution in [3.8, 4) is 11.4 Å². The van der Waals surface area contributed by atoms with Crippen molar-refractivity contribution in [2.45, 2.75) is 32.6 Å². The molecule has 0 unspecified atom stereocenters. The average Bonchev–Trinajstić information content (AvgIpc) is 2.38. The van der Waals surface area contributed by atoms with Crippen LogP contribution in [-0.2, 0) is 12.8 Å². The predicted molar refractivity (Wildman–Crippen MR) is 81.0 cm³/mol. The summed E-state index contributed by atoms with van der Waals surface area (Å²) >= 11 is 3.58. The van der Waals surface area contributed by atoms with Gasteiger partial charge in [-0.3, -0.25) is 0 Å². The van der Waals surface area contributed by atoms with Gasteiger partial charge in [0.1, 0.15) is 5.82 Å². The van der Waals surface area contributed by atoms with E-state index in [9.17, 15) is 0 Å². The molecule has 1 aliphatic rings. The number of nitrogen functional groups attached to an aromatic ring is 1. The normalized spacial score (nSPS) is 14.2. The fraction of sp³-hybridized carbons (Fsp3) is 0.333. The molecule has 0 aliphatic heterocycles. The minimum Gasteiger partial charge on any atom is -0.383 e. The van der Waals surface area contributed by atoms with Crippen LogP contribution < -0.4 is 5.73 Å². The molecule has 3 nitrogen and oxygen atoms in total. The fourth-order valence-corrected chi connectivity index (χ4v) is 3.22. The van der Waals surface area contributed by atoms with Crippen molar-refractivity contribution in [3.63, 3.8) is 0 Å². The number of hydrogen-bond donors (Lipinski definition) is 1. The smallest absolute Gasteiger partial charge is 0.162 e. The zero-order valence-electron chi connectivity index (χ0n) is 10.9. The predicted octanol–water partition coefficient (Wildman–Crippen LogP) is 3.68. The van der Waals surface area contributed by atoms with E-state index in [0.29, 0.717) is 5.82 Å². The van der Waals surface area contributed by atoms with Crippen LogP contribution in [-0.4, -0.2) is 9.97 Å². The van der Waals surface area contributed by atoms with Crippen LogP contribution in [0, 0.1) is 6.92 Å². The van der Waals surface area contributed by atoms with Crippen molar-refractivity contribution in [3.05, 3.63) is 39.5 Å². The standard InChI is InChI=1S/C15H16BrN3/c1-9-6-7-10(12(16)8-9)15-18-13-5-3-2-4-11(13)14(17)19-15/h6-8H,2-5H2,1H3,(H2,17,18,19). The maximum Gasteiger partial charge on any atom is 0.162 e. The highest BCUT2D eigenvalue weighted by atomic mass is 79.9. The number of benzene rings is 1. The van der Waals surface area contributed by atoms with E-state index >= 15 is 0 Å². The van der Waals surface area contributed by atoms with E-state index in [4.69, 9.17) is 10.7 Å². The SMILES string of the molecule is Cc1ccc(-c2nc(N)c3c(n2)CCCC3)c(Br)c1. The Bertz CT molecular complexity index is 638. The van der Waals surface area contributed by atoms with Gasteiger partial charge in [-0.05, 0) is 50.3 Å². The highest BCUT2D eigenvalue weighted by Crippen LogP contribution is 2.30. The fourth-order valence-electron chi connectivity index (χ4n) is 2.55. The topological polar surface area (TPSA) is 51.8 Å². The maximum absolute atomic E-state index is 6.09. The Morgan fingerprint density at radius 2 is 1.95 bits per heavy atom. The van der Waals surface area contributed by atoms with E-state index in [0.717, 1.165) is 40.0 Å². The second-order valence-corrected chi connectivity index (χ2v) is 5.90. The summed E-state index contributed by atoms with van der Waals surface area (Å²) in [6.45, 7) is 2.07. The van der Waals surface area contributed by atoms with Crippen LogP contribution in [0.2, 0.25) is 0 Å². The highest BCUT2D eigenvalue weighted by molar-refractivity contribution is 9.10. The number of nitrogens with zero attached hydrogens (tertiary/aromatic N) is 2. The molecular formula is C15H16BrN3. The van der Waals surface area contributed by atoms with Gasteiger partial charge in [0.05, 0.1) is 0 Å². The number of anilines is 1. The lowest BCUT2D eigenvalue weighted by Gasteiger charge is -2.17. The van der Waals surface area contributed by atoms with E-state index in [1.54, 1.807) is 0 Å². The number of fused-ring (bicyclic) bond motifs is 1. The highest BCUT2D eigenvalue weighted by Gasteiger charge is 2.17. The van der Waals surface area contributed by atoms with Gasteiger partial charge in [-0.15, -0.1) is 0 Å². The number of aryl methyl sites for hydroxylation is 2. The Morgan fingerprint density at radius 1 is 1.16 bits per heavy atom. The number of halogens is 1. The van der Waals surface area contributed by atoms with Gasteiger partial charge in [0.2, 0.25) is 0 Å². The molecule has 3 rings (SSSR count). The molecule has 2 aromatic rings. The molecule has 19 heavy (non-hydrogen) atoms. The molecule has 0 atom stereocenters. The molecule has 0 amide bonds. The van der Waals surface area contributed by atoms with Crippen molar-refractivity contribution >= 4 is 21.7 Å². The number of hydrogen-bond acceptors (Lipinski definition) is 3. The zero-order valence-corrected chi connectivity index (χ0v) is 12.5. The Kier molecular flexibility index (Phi) is 3.27. The molecule has 0 saturated heterocycles. The molecule has 4 heteroatoms. The second-order valence-electron chi connectivity index (χ2n) is 5.05. The van der Waals surface area contributed by atoms with Crippen molar-refractivity contribution in [2.75, 3.05) is 5.73 Å². The van der Waals surface area contributed by atoms with E-state index in [1.165, 1.54) is 18.4 Å².